The van der Waals surface area contributed by atoms with Crippen molar-refractivity contribution in [3.05, 3.63) is 71.9 Å². The van der Waals surface area contributed by atoms with Crippen LogP contribution in [0.1, 0.15) is 18.1 Å². The maximum atomic E-state index is 12.8. The Labute approximate surface area is 202 Å². The SMILES string of the molecule is CC(NC(=O)C(Cc1c[nH]c2ccccc12)NC(=O)CNC(=O)C(N)Cc1ccccc1)C(=O)O. The molecule has 0 aliphatic heterocycles. The van der Waals surface area contributed by atoms with E-state index in [1.165, 1.54) is 6.92 Å². The van der Waals surface area contributed by atoms with E-state index in [0.717, 1.165) is 22.0 Å². The van der Waals surface area contributed by atoms with Gasteiger partial charge in [-0.3, -0.25) is 19.2 Å². The van der Waals surface area contributed by atoms with Crippen LogP contribution in [0.2, 0.25) is 0 Å². The number of rotatable bonds is 11. The number of hydrogen-bond donors (Lipinski definition) is 6. The summed E-state index contributed by atoms with van der Waals surface area (Å²) in [6.45, 7) is 0.951. The van der Waals surface area contributed by atoms with Crippen LogP contribution in [0.15, 0.2) is 60.8 Å². The van der Waals surface area contributed by atoms with Crippen molar-refractivity contribution in [3.63, 3.8) is 0 Å². The third-order valence-electron chi connectivity index (χ3n) is 5.54. The Bertz CT molecular complexity index is 1190. The lowest BCUT2D eigenvalue weighted by molar-refractivity contribution is -0.141. The number of aliphatic carboxylic acids is 1. The smallest absolute Gasteiger partial charge is 0.325 e. The van der Waals surface area contributed by atoms with Crippen molar-refractivity contribution in [3.8, 4) is 0 Å². The zero-order chi connectivity index (χ0) is 25.4. The summed E-state index contributed by atoms with van der Waals surface area (Å²) >= 11 is 0. The van der Waals surface area contributed by atoms with Crippen LogP contribution in [0.3, 0.4) is 0 Å². The molecule has 3 rings (SSSR count). The molecule has 0 saturated carbocycles. The van der Waals surface area contributed by atoms with E-state index in [1.807, 2.05) is 54.6 Å². The van der Waals surface area contributed by atoms with Crippen LogP contribution >= 0.6 is 0 Å². The molecule has 3 atom stereocenters. The fourth-order valence-electron chi connectivity index (χ4n) is 3.61. The van der Waals surface area contributed by atoms with E-state index in [0.29, 0.717) is 6.42 Å². The summed E-state index contributed by atoms with van der Waals surface area (Å²) in [5.41, 5.74) is 8.48. The number of aromatic nitrogens is 1. The van der Waals surface area contributed by atoms with E-state index >= 15 is 0 Å². The van der Waals surface area contributed by atoms with Crippen LogP contribution in [0.4, 0.5) is 0 Å². The molecule has 1 heterocycles. The van der Waals surface area contributed by atoms with E-state index in [1.54, 1.807) is 6.20 Å². The first kappa shape index (κ1) is 25.4. The lowest BCUT2D eigenvalue weighted by atomic mass is 10.0. The van der Waals surface area contributed by atoms with Crippen LogP contribution in [-0.2, 0) is 32.0 Å². The lowest BCUT2D eigenvalue weighted by Gasteiger charge is -2.20. The summed E-state index contributed by atoms with van der Waals surface area (Å²) in [7, 11) is 0. The molecule has 0 spiro atoms. The monoisotopic (exact) mass is 479 g/mol. The summed E-state index contributed by atoms with van der Waals surface area (Å²) in [6, 6.07) is 13.7. The molecule has 3 aromatic rings. The molecule has 184 valence electrons. The van der Waals surface area contributed by atoms with Crippen molar-refractivity contribution in [2.45, 2.75) is 37.9 Å². The maximum absolute atomic E-state index is 12.8. The number of carbonyl (C=O) groups excluding carboxylic acids is 3. The fourth-order valence-corrected chi connectivity index (χ4v) is 3.61. The highest BCUT2D eigenvalue weighted by atomic mass is 16.4. The largest absolute Gasteiger partial charge is 0.480 e. The minimum Gasteiger partial charge on any atom is -0.480 e. The highest BCUT2D eigenvalue weighted by Gasteiger charge is 2.26. The second-order valence-corrected chi connectivity index (χ2v) is 8.27. The fraction of sp³-hybridized carbons (Fsp3) is 0.280. The van der Waals surface area contributed by atoms with Gasteiger partial charge in [0, 0.05) is 23.5 Å². The van der Waals surface area contributed by atoms with E-state index in [2.05, 4.69) is 20.9 Å². The van der Waals surface area contributed by atoms with Gasteiger partial charge >= 0.3 is 5.97 Å². The number of H-pyrrole nitrogens is 1. The van der Waals surface area contributed by atoms with Gasteiger partial charge in [-0.05, 0) is 30.5 Å². The normalized spacial score (nSPS) is 13.4. The van der Waals surface area contributed by atoms with Crippen molar-refractivity contribution >= 4 is 34.6 Å². The van der Waals surface area contributed by atoms with Gasteiger partial charge in [-0.2, -0.15) is 0 Å². The number of carboxylic acid groups (broad SMARTS) is 1. The van der Waals surface area contributed by atoms with E-state index < -0.39 is 41.8 Å². The van der Waals surface area contributed by atoms with Gasteiger partial charge in [-0.15, -0.1) is 0 Å². The molecule has 7 N–H and O–H groups in total. The number of aromatic amines is 1. The molecule has 0 aliphatic rings. The third kappa shape index (κ3) is 7.15. The lowest BCUT2D eigenvalue weighted by Crippen LogP contribution is -2.54. The standard InChI is InChI=1S/C25H29N5O5/c1-15(25(34)35)29-24(33)21(12-17-13-27-20-10-6-5-9-18(17)20)30-22(31)14-28-23(32)19(26)11-16-7-3-2-4-8-16/h2-10,13,15,19,21,27H,11-12,14,26H2,1H3,(H,28,32)(H,29,33)(H,30,31)(H,34,35). The molecule has 35 heavy (non-hydrogen) atoms. The van der Waals surface area contributed by atoms with Crippen LogP contribution in [0, 0.1) is 0 Å². The van der Waals surface area contributed by atoms with Gasteiger partial charge in [-0.1, -0.05) is 48.5 Å². The summed E-state index contributed by atoms with van der Waals surface area (Å²) < 4.78 is 0. The quantitative estimate of drug-likeness (QED) is 0.234. The average Bonchev–Trinajstić information content (AvgIpc) is 3.25. The van der Waals surface area contributed by atoms with Gasteiger partial charge in [0.2, 0.25) is 17.7 Å². The highest BCUT2D eigenvalue weighted by molar-refractivity contribution is 5.93. The Morgan fingerprint density at radius 3 is 2.34 bits per heavy atom. The van der Waals surface area contributed by atoms with Crippen molar-refractivity contribution < 1.29 is 24.3 Å². The van der Waals surface area contributed by atoms with Gasteiger partial charge in [-0.25, -0.2) is 0 Å². The van der Waals surface area contributed by atoms with Gasteiger partial charge in [0.25, 0.3) is 0 Å². The number of carboxylic acids is 1. The molecular formula is C25H29N5O5. The Hall–Kier alpha value is -4.18. The van der Waals surface area contributed by atoms with Crippen molar-refractivity contribution in [1.29, 1.82) is 0 Å². The predicted octanol–water partition coefficient (Wildman–Crippen LogP) is 0.471. The molecule has 0 aliphatic carbocycles. The molecule has 0 saturated heterocycles. The van der Waals surface area contributed by atoms with Crippen LogP contribution < -0.4 is 21.7 Å². The summed E-state index contributed by atoms with van der Waals surface area (Å²) in [5.74, 6) is -2.95. The van der Waals surface area contributed by atoms with Gasteiger partial charge in [0.1, 0.15) is 12.1 Å². The molecular weight excluding hydrogens is 450 g/mol. The Morgan fingerprint density at radius 1 is 0.943 bits per heavy atom. The average molecular weight is 480 g/mol. The van der Waals surface area contributed by atoms with Gasteiger partial charge in [0.15, 0.2) is 0 Å². The molecule has 2 aromatic carbocycles. The molecule has 0 radical (unpaired) electrons. The van der Waals surface area contributed by atoms with Gasteiger partial charge in [0.05, 0.1) is 12.6 Å². The van der Waals surface area contributed by atoms with Crippen LogP contribution in [0.25, 0.3) is 10.9 Å². The number of benzene rings is 2. The first-order valence-electron chi connectivity index (χ1n) is 11.2. The molecule has 3 amide bonds. The zero-order valence-electron chi connectivity index (χ0n) is 19.3. The first-order valence-corrected chi connectivity index (χ1v) is 11.2. The van der Waals surface area contributed by atoms with Crippen LogP contribution in [-0.4, -0.2) is 58.5 Å². The summed E-state index contributed by atoms with van der Waals surface area (Å²) in [6.07, 6.45) is 2.17. The molecule has 10 nitrogen and oxygen atoms in total. The maximum Gasteiger partial charge on any atom is 0.325 e. The minimum atomic E-state index is -1.20. The molecule has 3 unspecified atom stereocenters. The number of carbonyl (C=O) groups is 4. The Kier molecular flexibility index (Phi) is 8.58. The van der Waals surface area contributed by atoms with Crippen LogP contribution in [0.5, 0.6) is 0 Å². The number of fused-ring (bicyclic) bond motifs is 1. The van der Waals surface area contributed by atoms with Crippen molar-refractivity contribution in [2.24, 2.45) is 5.73 Å². The highest BCUT2D eigenvalue weighted by Crippen LogP contribution is 2.19. The van der Waals surface area contributed by atoms with Crippen molar-refractivity contribution in [2.75, 3.05) is 6.54 Å². The Morgan fingerprint density at radius 2 is 1.63 bits per heavy atom. The predicted molar refractivity (Wildman–Crippen MR) is 130 cm³/mol. The molecule has 0 bridgehead atoms. The number of nitrogens with one attached hydrogen (secondary N) is 4. The van der Waals surface area contributed by atoms with E-state index in [-0.39, 0.29) is 13.0 Å². The van der Waals surface area contributed by atoms with Crippen molar-refractivity contribution in [1.82, 2.24) is 20.9 Å². The zero-order valence-corrected chi connectivity index (χ0v) is 19.3. The van der Waals surface area contributed by atoms with Gasteiger partial charge < -0.3 is 31.8 Å². The van der Waals surface area contributed by atoms with E-state index in [4.69, 9.17) is 10.8 Å². The number of para-hydroxylation sites is 1. The summed E-state index contributed by atoms with van der Waals surface area (Å²) in [5, 5.41) is 17.5. The number of nitrogens with two attached hydrogens (primary N) is 1. The summed E-state index contributed by atoms with van der Waals surface area (Å²) in [4.78, 5) is 52.0. The molecule has 10 heteroatoms. The topological polar surface area (TPSA) is 166 Å². The second kappa shape index (κ2) is 11.8. The first-order chi connectivity index (χ1) is 16.7. The molecule has 0 fully saturated rings. The van der Waals surface area contributed by atoms with E-state index in [9.17, 15) is 19.2 Å². The Balaban J connectivity index is 1.63. The minimum absolute atomic E-state index is 0.120. The number of hydrogen-bond acceptors (Lipinski definition) is 5. The second-order valence-electron chi connectivity index (χ2n) is 8.27. The molecule has 1 aromatic heterocycles. The number of amides is 3. The third-order valence-corrected chi connectivity index (χ3v) is 5.54.